The molecular formula is C20H24ClN3O2S. The zero-order chi connectivity index (χ0) is 19.6. The maximum absolute atomic E-state index is 12.6. The number of nitrogens with zero attached hydrogens (tertiary/aromatic N) is 1. The first-order valence-corrected chi connectivity index (χ1v) is 10.4. The van der Waals surface area contributed by atoms with Crippen molar-refractivity contribution in [3.8, 4) is 0 Å². The second-order valence-corrected chi connectivity index (χ2v) is 8.78. The van der Waals surface area contributed by atoms with E-state index in [9.17, 15) is 9.59 Å². The highest BCUT2D eigenvalue weighted by molar-refractivity contribution is 7.10. The van der Waals surface area contributed by atoms with E-state index >= 15 is 0 Å². The van der Waals surface area contributed by atoms with Crippen LogP contribution in [0.4, 0.5) is 5.69 Å². The second-order valence-electron chi connectivity index (χ2n) is 7.45. The summed E-state index contributed by atoms with van der Waals surface area (Å²) in [6.07, 6.45) is 2.72. The molecule has 3 rings (SSSR count). The van der Waals surface area contributed by atoms with E-state index in [1.165, 1.54) is 11.3 Å². The molecule has 5 nitrogen and oxygen atoms in total. The van der Waals surface area contributed by atoms with E-state index in [0.29, 0.717) is 22.3 Å². The summed E-state index contributed by atoms with van der Waals surface area (Å²) in [5, 5.41) is 9.13. The molecular weight excluding hydrogens is 382 g/mol. The fraction of sp³-hybridized carbons (Fsp3) is 0.450. The van der Waals surface area contributed by atoms with Crippen molar-refractivity contribution in [2.24, 2.45) is 11.8 Å². The van der Waals surface area contributed by atoms with E-state index in [2.05, 4.69) is 29.5 Å². The lowest BCUT2D eigenvalue weighted by Crippen LogP contribution is -2.30. The molecule has 0 unspecified atom stereocenters. The van der Waals surface area contributed by atoms with Gasteiger partial charge < -0.3 is 10.6 Å². The Morgan fingerprint density at radius 3 is 2.70 bits per heavy atom. The van der Waals surface area contributed by atoms with Crippen LogP contribution in [0.25, 0.3) is 0 Å². The molecule has 1 aliphatic carbocycles. The van der Waals surface area contributed by atoms with Crippen LogP contribution in [0.1, 0.15) is 60.2 Å². The van der Waals surface area contributed by atoms with Gasteiger partial charge in [-0.05, 0) is 55.9 Å². The average molecular weight is 406 g/mol. The highest BCUT2D eigenvalue weighted by Gasteiger charge is 2.32. The number of benzene rings is 1. The third-order valence-electron chi connectivity index (χ3n) is 4.46. The molecule has 1 heterocycles. The van der Waals surface area contributed by atoms with Crippen molar-refractivity contribution in [1.82, 2.24) is 10.3 Å². The number of aryl methyl sites for hydroxylation is 1. The minimum atomic E-state index is -0.264. The first-order valence-electron chi connectivity index (χ1n) is 9.16. The molecule has 1 atom stereocenters. The molecule has 1 aromatic carbocycles. The molecule has 2 amide bonds. The van der Waals surface area contributed by atoms with Crippen LogP contribution in [-0.4, -0.2) is 16.8 Å². The molecule has 0 radical (unpaired) electrons. The lowest BCUT2D eigenvalue weighted by atomic mass is 10.0. The summed E-state index contributed by atoms with van der Waals surface area (Å²) in [4.78, 5) is 29.3. The summed E-state index contributed by atoms with van der Waals surface area (Å²) < 4.78 is 0. The molecule has 1 saturated carbocycles. The van der Waals surface area contributed by atoms with Gasteiger partial charge in [-0.15, -0.1) is 11.3 Å². The number of hydrogen-bond acceptors (Lipinski definition) is 4. The van der Waals surface area contributed by atoms with E-state index in [1.807, 2.05) is 6.92 Å². The summed E-state index contributed by atoms with van der Waals surface area (Å²) >= 11 is 7.37. The molecule has 0 spiro atoms. The molecule has 144 valence electrons. The topological polar surface area (TPSA) is 71.1 Å². The van der Waals surface area contributed by atoms with Crippen LogP contribution in [-0.2, 0) is 4.79 Å². The van der Waals surface area contributed by atoms with Gasteiger partial charge in [0.25, 0.3) is 5.91 Å². The number of hydrogen-bond donors (Lipinski definition) is 2. The fourth-order valence-corrected chi connectivity index (χ4v) is 3.92. The van der Waals surface area contributed by atoms with Gasteiger partial charge in [-0.2, -0.15) is 0 Å². The molecule has 0 saturated heterocycles. The molecule has 1 aliphatic rings. The van der Waals surface area contributed by atoms with E-state index < -0.39 is 0 Å². The molecule has 0 bridgehead atoms. The first-order chi connectivity index (χ1) is 12.8. The van der Waals surface area contributed by atoms with Crippen molar-refractivity contribution in [1.29, 1.82) is 0 Å². The van der Waals surface area contributed by atoms with Crippen LogP contribution in [0.3, 0.4) is 0 Å². The molecule has 0 aliphatic heterocycles. The summed E-state index contributed by atoms with van der Waals surface area (Å²) in [6.45, 7) is 6.11. The van der Waals surface area contributed by atoms with Crippen molar-refractivity contribution >= 4 is 40.4 Å². The van der Waals surface area contributed by atoms with Gasteiger partial charge in [-0.3, -0.25) is 9.59 Å². The van der Waals surface area contributed by atoms with Crippen LogP contribution in [0.2, 0.25) is 5.02 Å². The van der Waals surface area contributed by atoms with Crippen molar-refractivity contribution in [2.75, 3.05) is 5.32 Å². The van der Waals surface area contributed by atoms with Crippen molar-refractivity contribution < 1.29 is 9.59 Å². The first kappa shape index (κ1) is 19.8. The Labute approximate surface area is 168 Å². The van der Waals surface area contributed by atoms with E-state index in [1.54, 1.807) is 23.6 Å². The maximum atomic E-state index is 12.6. The van der Waals surface area contributed by atoms with Crippen molar-refractivity contribution in [3.63, 3.8) is 0 Å². The van der Waals surface area contributed by atoms with Crippen LogP contribution >= 0.6 is 22.9 Å². The van der Waals surface area contributed by atoms with Gasteiger partial charge in [0.2, 0.25) is 5.91 Å². The summed E-state index contributed by atoms with van der Waals surface area (Å²) in [5.74, 6) is 0.390. The summed E-state index contributed by atoms with van der Waals surface area (Å²) in [5.41, 5.74) is 1.96. The van der Waals surface area contributed by atoms with Crippen LogP contribution in [0, 0.1) is 18.8 Å². The van der Waals surface area contributed by atoms with Gasteiger partial charge in [-0.25, -0.2) is 4.98 Å². The van der Waals surface area contributed by atoms with Crippen LogP contribution in [0.5, 0.6) is 0 Å². The minimum absolute atomic E-state index is 0.0960. The normalized spacial score (nSPS) is 14.9. The Morgan fingerprint density at radius 1 is 1.33 bits per heavy atom. The third kappa shape index (κ3) is 5.30. The number of halogens is 1. The predicted octanol–water partition coefficient (Wildman–Crippen LogP) is 4.97. The van der Waals surface area contributed by atoms with Gasteiger partial charge in [0.05, 0.1) is 6.04 Å². The van der Waals surface area contributed by atoms with E-state index in [0.717, 1.165) is 29.8 Å². The average Bonchev–Trinajstić information content (AvgIpc) is 3.33. The number of amides is 2. The van der Waals surface area contributed by atoms with E-state index in [-0.39, 0.29) is 23.8 Å². The van der Waals surface area contributed by atoms with Crippen LogP contribution in [0.15, 0.2) is 23.6 Å². The predicted molar refractivity (Wildman–Crippen MR) is 109 cm³/mol. The Bertz CT molecular complexity index is 846. The van der Waals surface area contributed by atoms with Crippen LogP contribution < -0.4 is 10.6 Å². The molecule has 2 aromatic rings. The maximum Gasteiger partial charge on any atom is 0.275 e. The number of nitrogens with one attached hydrogen (secondary N) is 2. The molecule has 1 fully saturated rings. The smallest absolute Gasteiger partial charge is 0.275 e. The summed E-state index contributed by atoms with van der Waals surface area (Å²) in [7, 11) is 0. The second kappa shape index (κ2) is 8.40. The largest absolute Gasteiger partial charge is 0.347 e. The standard InChI is InChI=1S/C20H24ClN3O2S/c1-11(2)8-16(23-18(25)13-4-5-13)20-24-17(10-27-20)19(26)22-15-7-6-14(21)9-12(15)3/h6-7,9-11,13,16H,4-5,8H2,1-3H3,(H,22,26)(H,23,25)/t16-/m1/s1. The minimum Gasteiger partial charge on any atom is -0.347 e. The number of aromatic nitrogens is 1. The lowest BCUT2D eigenvalue weighted by Gasteiger charge is -2.18. The highest BCUT2D eigenvalue weighted by Crippen LogP contribution is 2.32. The van der Waals surface area contributed by atoms with Gasteiger partial charge in [0.15, 0.2) is 0 Å². The molecule has 7 heteroatoms. The number of carbonyl (C=O) groups excluding carboxylic acids is 2. The molecule has 1 aromatic heterocycles. The Morgan fingerprint density at radius 2 is 2.07 bits per heavy atom. The number of carbonyl (C=O) groups is 2. The third-order valence-corrected chi connectivity index (χ3v) is 5.65. The Balaban J connectivity index is 1.72. The monoisotopic (exact) mass is 405 g/mol. The number of rotatable bonds is 7. The summed E-state index contributed by atoms with van der Waals surface area (Å²) in [6, 6.07) is 5.17. The highest BCUT2D eigenvalue weighted by atomic mass is 35.5. The van der Waals surface area contributed by atoms with Gasteiger partial charge in [-0.1, -0.05) is 25.4 Å². The van der Waals surface area contributed by atoms with Gasteiger partial charge in [0, 0.05) is 22.0 Å². The lowest BCUT2D eigenvalue weighted by molar-refractivity contribution is -0.123. The molecule has 2 N–H and O–H groups in total. The van der Waals surface area contributed by atoms with Gasteiger partial charge in [0.1, 0.15) is 10.7 Å². The zero-order valence-electron chi connectivity index (χ0n) is 15.7. The van der Waals surface area contributed by atoms with Crippen molar-refractivity contribution in [2.45, 2.75) is 46.1 Å². The quantitative estimate of drug-likeness (QED) is 0.683. The van der Waals surface area contributed by atoms with Gasteiger partial charge >= 0.3 is 0 Å². The number of anilines is 1. The number of thiazole rings is 1. The van der Waals surface area contributed by atoms with Crippen molar-refractivity contribution in [3.05, 3.63) is 44.9 Å². The Kier molecular flexibility index (Phi) is 6.17. The zero-order valence-corrected chi connectivity index (χ0v) is 17.3. The Hall–Kier alpha value is -1.92. The SMILES string of the molecule is Cc1cc(Cl)ccc1NC(=O)c1csc([C@@H](CC(C)C)NC(=O)C2CC2)n1. The molecule has 27 heavy (non-hydrogen) atoms. The van der Waals surface area contributed by atoms with E-state index in [4.69, 9.17) is 11.6 Å². The fourth-order valence-electron chi connectivity index (χ4n) is 2.83.